The number of carbonyl (C=O) groups is 1. The summed E-state index contributed by atoms with van der Waals surface area (Å²) in [5.41, 5.74) is 2.52. The average Bonchev–Trinajstić information content (AvgIpc) is 3.39. The molecule has 9 atom stereocenters. The molecule has 0 aromatic carbocycles. The van der Waals surface area contributed by atoms with Gasteiger partial charge in [-0.3, -0.25) is 4.79 Å². The van der Waals surface area contributed by atoms with E-state index in [4.69, 9.17) is 4.74 Å². The number of carbonyl (C=O) groups excluding carboxylic acids is 1. The van der Waals surface area contributed by atoms with Gasteiger partial charge in [0.1, 0.15) is 6.10 Å². The molecule has 3 fully saturated rings. The average molecular weight is 639 g/mol. The maximum Gasteiger partial charge on any atom is 0.306 e. The van der Waals surface area contributed by atoms with Crippen molar-refractivity contribution in [2.45, 2.75) is 209 Å². The summed E-state index contributed by atoms with van der Waals surface area (Å²) in [6.07, 6.45) is 34.0. The second-order valence-electron chi connectivity index (χ2n) is 18.1. The van der Waals surface area contributed by atoms with E-state index in [-0.39, 0.29) is 12.1 Å². The molecule has 4 aliphatic carbocycles. The van der Waals surface area contributed by atoms with E-state index in [2.05, 4.69) is 54.5 Å². The topological polar surface area (TPSA) is 26.3 Å². The molecule has 0 aromatic rings. The van der Waals surface area contributed by atoms with Crippen LogP contribution < -0.4 is 0 Å². The van der Waals surface area contributed by atoms with E-state index in [9.17, 15) is 4.79 Å². The molecule has 4 rings (SSSR count). The van der Waals surface area contributed by atoms with Gasteiger partial charge in [-0.2, -0.15) is 0 Å². The fourth-order valence-corrected chi connectivity index (χ4v) is 11.3. The van der Waals surface area contributed by atoms with Gasteiger partial charge < -0.3 is 4.74 Å². The number of allylic oxidation sites excluding steroid dienone is 1. The third-order valence-corrected chi connectivity index (χ3v) is 14.8. The molecule has 3 unspecified atom stereocenters. The van der Waals surface area contributed by atoms with E-state index in [1.165, 1.54) is 128 Å². The molecule has 0 spiro atoms. The minimum absolute atomic E-state index is 0.0632. The van der Waals surface area contributed by atoms with Crippen molar-refractivity contribution in [2.75, 3.05) is 0 Å². The Hall–Kier alpha value is -0.790. The molecular formula is C44H78O2. The maximum atomic E-state index is 12.8. The van der Waals surface area contributed by atoms with Crippen molar-refractivity contribution < 1.29 is 9.53 Å². The molecular weight excluding hydrogens is 560 g/mol. The van der Waals surface area contributed by atoms with Gasteiger partial charge in [-0.05, 0) is 104 Å². The first-order valence-corrected chi connectivity index (χ1v) is 21.0. The van der Waals surface area contributed by atoms with Crippen LogP contribution in [-0.4, -0.2) is 12.1 Å². The smallest absolute Gasteiger partial charge is 0.306 e. The van der Waals surface area contributed by atoms with Crippen LogP contribution in [0.4, 0.5) is 0 Å². The van der Waals surface area contributed by atoms with Crippen LogP contribution >= 0.6 is 0 Å². The van der Waals surface area contributed by atoms with Crippen LogP contribution in [0.15, 0.2) is 11.6 Å². The van der Waals surface area contributed by atoms with Gasteiger partial charge in [-0.15, -0.1) is 0 Å². The predicted octanol–water partition coefficient (Wildman–Crippen LogP) is 13.7. The van der Waals surface area contributed by atoms with E-state index in [1.54, 1.807) is 5.57 Å². The first-order chi connectivity index (χ1) is 22.1. The van der Waals surface area contributed by atoms with E-state index < -0.39 is 0 Å². The lowest BCUT2D eigenvalue weighted by Gasteiger charge is -2.58. The molecule has 2 heteroatoms. The number of hydrogen-bond acceptors (Lipinski definition) is 2. The summed E-state index contributed by atoms with van der Waals surface area (Å²) in [4.78, 5) is 12.8. The zero-order chi connectivity index (χ0) is 33.2. The highest BCUT2D eigenvalue weighted by Gasteiger charge is 2.59. The lowest BCUT2D eigenvalue weighted by Crippen LogP contribution is -2.51. The van der Waals surface area contributed by atoms with E-state index >= 15 is 0 Å². The lowest BCUT2D eigenvalue weighted by atomic mass is 9.47. The normalized spacial score (nSPS) is 33.6. The molecule has 0 N–H and O–H groups in total. The van der Waals surface area contributed by atoms with Crippen LogP contribution in [0.1, 0.15) is 203 Å². The summed E-state index contributed by atoms with van der Waals surface area (Å²) < 4.78 is 6.13. The Bertz CT molecular complexity index is 934. The molecule has 0 aliphatic heterocycles. The first kappa shape index (κ1) is 38.0. The monoisotopic (exact) mass is 639 g/mol. The molecule has 0 heterocycles. The van der Waals surface area contributed by atoms with E-state index in [0.717, 1.165) is 60.7 Å². The van der Waals surface area contributed by atoms with Gasteiger partial charge in [0, 0.05) is 12.8 Å². The van der Waals surface area contributed by atoms with Crippen molar-refractivity contribution in [3.63, 3.8) is 0 Å². The van der Waals surface area contributed by atoms with Gasteiger partial charge in [0.2, 0.25) is 0 Å². The van der Waals surface area contributed by atoms with Gasteiger partial charge >= 0.3 is 5.97 Å². The van der Waals surface area contributed by atoms with Crippen molar-refractivity contribution in [3.8, 4) is 0 Å². The number of rotatable bonds is 20. The van der Waals surface area contributed by atoms with Crippen molar-refractivity contribution in [1.29, 1.82) is 0 Å². The van der Waals surface area contributed by atoms with Crippen LogP contribution in [0.3, 0.4) is 0 Å². The summed E-state index contributed by atoms with van der Waals surface area (Å²) in [6, 6.07) is 0. The van der Waals surface area contributed by atoms with Crippen molar-refractivity contribution in [3.05, 3.63) is 11.6 Å². The fraction of sp³-hybridized carbons (Fsp3) is 0.932. The quantitative estimate of drug-likeness (QED) is 0.0753. The van der Waals surface area contributed by atoms with Gasteiger partial charge in [0.05, 0.1) is 0 Å². The SMILES string of the molecule is CCCCCCCCCCCCCCCC(=O)O[C@H]1CC[C@@]2(C)C(=CCC3C2CC[C@@]2(C)C3CC[C@@H]2[C@H](C)CC[C@H](C)C(C)C)C1. The second kappa shape index (κ2) is 18.3. The van der Waals surface area contributed by atoms with E-state index in [0.29, 0.717) is 17.3 Å². The Morgan fingerprint density at radius 2 is 1.41 bits per heavy atom. The van der Waals surface area contributed by atoms with Gasteiger partial charge in [0.15, 0.2) is 0 Å². The summed E-state index contributed by atoms with van der Waals surface area (Å²) in [6.45, 7) is 17.5. The van der Waals surface area contributed by atoms with Gasteiger partial charge in [0.25, 0.3) is 0 Å². The highest BCUT2D eigenvalue weighted by molar-refractivity contribution is 5.69. The van der Waals surface area contributed by atoms with E-state index in [1.807, 2.05) is 0 Å². The Morgan fingerprint density at radius 3 is 2.04 bits per heavy atom. The summed E-state index contributed by atoms with van der Waals surface area (Å²) in [5, 5.41) is 0. The zero-order valence-electron chi connectivity index (χ0n) is 32.0. The molecule has 3 saturated carbocycles. The minimum atomic E-state index is 0.0632. The predicted molar refractivity (Wildman–Crippen MR) is 198 cm³/mol. The Morgan fingerprint density at radius 1 is 0.783 bits per heavy atom. The summed E-state index contributed by atoms with van der Waals surface area (Å²) in [7, 11) is 0. The molecule has 0 aromatic heterocycles. The van der Waals surface area contributed by atoms with Crippen LogP contribution in [0.5, 0.6) is 0 Å². The standard InChI is InChI=1S/C44H78O2/c1-8-9-10-11-12-13-14-15-16-17-18-19-20-21-42(45)46-37-28-30-43(6)36(32-37)24-25-38-40-27-26-39(44(40,7)31-29-41(38)43)35(5)23-22-34(4)33(2)3/h24,33-35,37-41H,8-23,25-32H2,1-7H3/t34-,35+,37-,38?,39+,40?,41?,43-,44+/m0/s1. The van der Waals surface area contributed by atoms with Crippen LogP contribution in [0.2, 0.25) is 0 Å². The minimum Gasteiger partial charge on any atom is -0.462 e. The molecule has 0 radical (unpaired) electrons. The number of unbranched alkanes of at least 4 members (excludes halogenated alkanes) is 12. The molecule has 0 bridgehead atoms. The van der Waals surface area contributed by atoms with Gasteiger partial charge in [-0.25, -0.2) is 0 Å². The maximum absolute atomic E-state index is 12.8. The molecule has 266 valence electrons. The first-order valence-electron chi connectivity index (χ1n) is 21.0. The van der Waals surface area contributed by atoms with Gasteiger partial charge in [-0.1, -0.05) is 150 Å². The highest BCUT2D eigenvalue weighted by atomic mass is 16.5. The number of hydrogen-bond donors (Lipinski definition) is 0. The fourth-order valence-electron chi connectivity index (χ4n) is 11.3. The Kier molecular flexibility index (Phi) is 15.1. The Balaban J connectivity index is 1.15. The Labute approximate surface area is 287 Å². The molecule has 2 nitrogen and oxygen atoms in total. The number of esters is 1. The third-order valence-electron chi connectivity index (χ3n) is 14.8. The third kappa shape index (κ3) is 9.67. The zero-order valence-corrected chi connectivity index (χ0v) is 32.0. The van der Waals surface area contributed by atoms with Crippen molar-refractivity contribution in [2.24, 2.45) is 52.3 Å². The molecule has 46 heavy (non-hydrogen) atoms. The number of ether oxygens (including phenoxy) is 1. The largest absolute Gasteiger partial charge is 0.462 e. The second-order valence-corrected chi connectivity index (χ2v) is 18.1. The van der Waals surface area contributed by atoms with Crippen molar-refractivity contribution in [1.82, 2.24) is 0 Å². The summed E-state index contributed by atoms with van der Waals surface area (Å²) in [5.74, 6) is 6.11. The number of fused-ring (bicyclic) bond motifs is 5. The molecule has 0 saturated heterocycles. The molecule has 4 aliphatic rings. The van der Waals surface area contributed by atoms with Crippen molar-refractivity contribution >= 4 is 5.97 Å². The summed E-state index contributed by atoms with van der Waals surface area (Å²) >= 11 is 0. The van der Waals surface area contributed by atoms with Crippen LogP contribution in [-0.2, 0) is 9.53 Å². The van der Waals surface area contributed by atoms with Crippen LogP contribution in [0, 0.1) is 52.3 Å². The lowest BCUT2D eigenvalue weighted by molar-refractivity contribution is -0.151. The molecule has 0 amide bonds. The van der Waals surface area contributed by atoms with Crippen LogP contribution in [0.25, 0.3) is 0 Å². The highest BCUT2D eigenvalue weighted by Crippen LogP contribution is 2.67.